The molecule has 2 N–H and O–H groups in total. The van der Waals surface area contributed by atoms with Crippen molar-refractivity contribution in [3.63, 3.8) is 0 Å². The lowest BCUT2D eigenvalue weighted by Crippen LogP contribution is -2.13. The molecule has 0 aliphatic rings. The minimum absolute atomic E-state index is 0. The summed E-state index contributed by atoms with van der Waals surface area (Å²) in [6.07, 6.45) is 0. The average Bonchev–Trinajstić information content (AvgIpc) is 3.01. The van der Waals surface area contributed by atoms with Gasteiger partial charge in [-0.05, 0) is 89.9 Å². The second-order valence-electron chi connectivity index (χ2n) is 13.1. The van der Waals surface area contributed by atoms with Crippen molar-refractivity contribution in [2.24, 2.45) is 5.16 Å². The minimum Gasteiger partial charge on any atom is -0.399 e. The van der Waals surface area contributed by atoms with Gasteiger partial charge in [0.15, 0.2) is 5.78 Å². The summed E-state index contributed by atoms with van der Waals surface area (Å²) < 4.78 is 0. The molecule has 0 fully saturated rings. The fraction of sp³-hybridized carbons (Fsp3) is 0.300. The van der Waals surface area contributed by atoms with E-state index in [-0.39, 0.29) is 35.9 Å². The van der Waals surface area contributed by atoms with Gasteiger partial charge in [0.25, 0.3) is 11.8 Å². The van der Waals surface area contributed by atoms with E-state index >= 15 is 0 Å². The van der Waals surface area contributed by atoms with Crippen molar-refractivity contribution in [1.29, 1.82) is 0 Å². The lowest BCUT2D eigenvalue weighted by Gasteiger charge is -2.19. The van der Waals surface area contributed by atoms with Crippen molar-refractivity contribution in [3.8, 4) is 0 Å². The Labute approximate surface area is 280 Å². The fourth-order valence-corrected chi connectivity index (χ4v) is 4.42. The predicted molar refractivity (Wildman–Crippen MR) is 195 cm³/mol. The number of carbonyl (C=O) groups is 3. The third kappa shape index (κ3) is 11.4. The highest BCUT2D eigenvalue weighted by Crippen LogP contribution is 2.25. The number of Topliss-reactive ketones (excluding diaryl/α,β-unsaturated/α-hetero) is 1. The SMILES string of the molecule is C.CC(=O)c1ccc(C(=O)Nc2ccc(C(C)(C)C)cc2)cc1.CO/N=C(\C)c1ccc(C(=O)Nc2ccc(C(C)(C)C)cc2)cc1. The number of nitrogens with one attached hydrogen (secondary N) is 2. The van der Waals surface area contributed by atoms with E-state index in [4.69, 9.17) is 4.84 Å². The van der Waals surface area contributed by atoms with Gasteiger partial charge in [-0.3, -0.25) is 14.4 Å². The van der Waals surface area contributed by atoms with Gasteiger partial charge < -0.3 is 15.5 Å². The summed E-state index contributed by atoms with van der Waals surface area (Å²) in [5, 5.41) is 9.66. The van der Waals surface area contributed by atoms with Crippen molar-refractivity contribution in [2.75, 3.05) is 17.7 Å². The van der Waals surface area contributed by atoms with Crippen molar-refractivity contribution in [3.05, 3.63) is 130 Å². The van der Waals surface area contributed by atoms with Gasteiger partial charge in [-0.25, -0.2) is 0 Å². The Morgan fingerprint density at radius 1 is 0.532 bits per heavy atom. The Kier molecular flexibility index (Phi) is 13.4. The van der Waals surface area contributed by atoms with Gasteiger partial charge in [0.1, 0.15) is 7.11 Å². The van der Waals surface area contributed by atoms with Gasteiger partial charge in [0.2, 0.25) is 0 Å². The molecule has 47 heavy (non-hydrogen) atoms. The van der Waals surface area contributed by atoms with E-state index in [0.29, 0.717) is 16.7 Å². The molecular weight excluding hydrogens is 586 g/mol. The summed E-state index contributed by atoms with van der Waals surface area (Å²) >= 11 is 0. The zero-order chi connectivity index (χ0) is 34.1. The number of oxime groups is 1. The first-order chi connectivity index (χ1) is 21.6. The first-order valence-electron chi connectivity index (χ1n) is 15.2. The van der Waals surface area contributed by atoms with Crippen LogP contribution in [0.4, 0.5) is 11.4 Å². The zero-order valence-corrected chi connectivity index (χ0v) is 28.3. The van der Waals surface area contributed by atoms with Crippen LogP contribution in [0.5, 0.6) is 0 Å². The Hall–Kier alpha value is -5.04. The Bertz CT molecular complexity index is 1660. The molecule has 0 spiro atoms. The number of amides is 2. The van der Waals surface area contributed by atoms with Gasteiger partial charge in [0, 0.05) is 28.1 Å². The van der Waals surface area contributed by atoms with Crippen molar-refractivity contribution >= 4 is 34.7 Å². The highest BCUT2D eigenvalue weighted by molar-refractivity contribution is 6.06. The van der Waals surface area contributed by atoms with Gasteiger partial charge in [-0.15, -0.1) is 0 Å². The first-order valence-corrected chi connectivity index (χ1v) is 15.2. The van der Waals surface area contributed by atoms with Crippen LogP contribution in [0.1, 0.15) is 111 Å². The van der Waals surface area contributed by atoms with Gasteiger partial charge in [-0.1, -0.05) is 103 Å². The van der Waals surface area contributed by atoms with E-state index in [1.807, 2.05) is 67.6 Å². The molecule has 248 valence electrons. The molecule has 4 rings (SSSR count). The largest absolute Gasteiger partial charge is 0.399 e. The minimum atomic E-state index is -0.182. The van der Waals surface area contributed by atoms with Crippen LogP contribution in [0.3, 0.4) is 0 Å². The summed E-state index contributed by atoms with van der Waals surface area (Å²) in [5.74, 6) is -0.324. The van der Waals surface area contributed by atoms with E-state index in [0.717, 1.165) is 22.6 Å². The maximum atomic E-state index is 12.3. The monoisotopic (exact) mass is 635 g/mol. The van der Waals surface area contributed by atoms with Crippen LogP contribution in [-0.2, 0) is 15.7 Å². The maximum absolute atomic E-state index is 12.3. The Morgan fingerprint density at radius 3 is 1.15 bits per heavy atom. The highest BCUT2D eigenvalue weighted by Gasteiger charge is 2.15. The van der Waals surface area contributed by atoms with Crippen LogP contribution in [-0.4, -0.2) is 30.4 Å². The molecule has 0 aromatic heterocycles. The summed E-state index contributed by atoms with van der Waals surface area (Å²) in [4.78, 5) is 40.5. The van der Waals surface area contributed by atoms with Crippen LogP contribution >= 0.6 is 0 Å². The lowest BCUT2D eigenvalue weighted by molar-refractivity contribution is 0.100. The van der Waals surface area contributed by atoms with Gasteiger partial charge in [-0.2, -0.15) is 0 Å². The summed E-state index contributed by atoms with van der Waals surface area (Å²) in [6.45, 7) is 16.3. The number of anilines is 2. The molecule has 0 aliphatic carbocycles. The van der Waals surface area contributed by atoms with Gasteiger partial charge >= 0.3 is 0 Å². The molecule has 0 unspecified atom stereocenters. The Balaban J connectivity index is 0.000000321. The molecule has 4 aromatic carbocycles. The molecule has 4 aromatic rings. The first kappa shape index (κ1) is 38.1. The van der Waals surface area contributed by atoms with E-state index in [9.17, 15) is 14.4 Å². The topological polar surface area (TPSA) is 96.9 Å². The number of hydrogen-bond donors (Lipinski definition) is 2. The maximum Gasteiger partial charge on any atom is 0.255 e. The molecule has 7 nitrogen and oxygen atoms in total. The third-order valence-corrected chi connectivity index (χ3v) is 7.36. The van der Waals surface area contributed by atoms with Crippen LogP contribution < -0.4 is 10.6 Å². The second-order valence-corrected chi connectivity index (χ2v) is 13.1. The molecule has 7 heteroatoms. The molecule has 0 saturated heterocycles. The second kappa shape index (κ2) is 16.5. The molecule has 0 atom stereocenters. The van der Waals surface area contributed by atoms with E-state index in [1.165, 1.54) is 25.2 Å². The molecule has 0 heterocycles. The summed E-state index contributed by atoms with van der Waals surface area (Å²) in [5.41, 5.74) is 7.60. The number of nitrogens with zero attached hydrogens (tertiary/aromatic N) is 1. The summed E-state index contributed by atoms with van der Waals surface area (Å²) in [6, 6.07) is 29.7. The number of ketones is 1. The smallest absolute Gasteiger partial charge is 0.255 e. The fourth-order valence-electron chi connectivity index (χ4n) is 4.42. The van der Waals surface area contributed by atoms with Crippen molar-refractivity contribution < 1.29 is 19.2 Å². The van der Waals surface area contributed by atoms with Crippen LogP contribution in [0.25, 0.3) is 0 Å². The third-order valence-electron chi connectivity index (χ3n) is 7.36. The van der Waals surface area contributed by atoms with E-state index in [2.05, 4.69) is 57.3 Å². The van der Waals surface area contributed by atoms with Crippen LogP contribution in [0.15, 0.2) is 102 Å². The quantitative estimate of drug-likeness (QED) is 0.120. The van der Waals surface area contributed by atoms with E-state index < -0.39 is 0 Å². The predicted octanol–water partition coefficient (Wildman–Crippen LogP) is 9.68. The zero-order valence-electron chi connectivity index (χ0n) is 28.3. The standard InChI is InChI=1S/C20H24N2O2.C19H21NO2.CH4/c1-14(22-24-5)15-6-8-16(9-7-15)19(23)21-18-12-10-17(11-13-18)20(2,3)4;1-13(21)14-5-7-15(8-6-14)18(22)20-17-11-9-16(10-12-17)19(2,3)4;/h6-13H,1-5H3,(H,21,23);5-12H,1-4H3,(H,20,22);1H4/b22-14+;;. The summed E-state index contributed by atoms with van der Waals surface area (Å²) in [7, 11) is 1.51. The number of carbonyl (C=O) groups excluding carboxylic acids is 3. The van der Waals surface area contributed by atoms with Crippen LogP contribution in [0, 0.1) is 0 Å². The molecule has 2 amide bonds. The number of hydrogen-bond acceptors (Lipinski definition) is 5. The molecule has 0 aliphatic heterocycles. The van der Waals surface area contributed by atoms with Crippen molar-refractivity contribution in [1.82, 2.24) is 0 Å². The molecule has 0 saturated carbocycles. The van der Waals surface area contributed by atoms with Crippen LogP contribution in [0.2, 0.25) is 0 Å². The highest BCUT2D eigenvalue weighted by atomic mass is 16.6. The normalized spacial score (nSPS) is 11.3. The number of benzene rings is 4. The lowest BCUT2D eigenvalue weighted by atomic mass is 9.87. The van der Waals surface area contributed by atoms with Gasteiger partial charge in [0.05, 0.1) is 5.71 Å². The van der Waals surface area contributed by atoms with E-state index in [1.54, 1.807) is 36.4 Å². The van der Waals surface area contributed by atoms with Crippen molar-refractivity contribution in [2.45, 2.75) is 73.6 Å². The average molecular weight is 636 g/mol. The number of rotatable bonds is 7. The molecular formula is C40H49N3O4. The molecule has 0 bridgehead atoms. The molecule has 0 radical (unpaired) electrons. The Morgan fingerprint density at radius 2 is 0.851 bits per heavy atom.